The van der Waals surface area contributed by atoms with E-state index in [9.17, 15) is 0 Å². The van der Waals surface area contributed by atoms with Gasteiger partial charge in [-0.1, -0.05) is 0 Å². The minimum Gasteiger partial charge on any atom is -0.264 e. The molecule has 0 fully saturated rings. The average molecular weight is 255 g/mol. The second kappa shape index (κ2) is 3.55. The van der Waals surface area contributed by atoms with Crippen LogP contribution in [0.25, 0.3) is 10.6 Å². The predicted octanol–water partition coefficient (Wildman–Crippen LogP) is 3.28. The molecule has 0 bridgehead atoms. The van der Waals surface area contributed by atoms with E-state index in [-0.39, 0.29) is 0 Å². The van der Waals surface area contributed by atoms with Gasteiger partial charge in [0, 0.05) is 23.3 Å². The zero-order valence-electron chi connectivity index (χ0n) is 6.99. The Morgan fingerprint density at radius 3 is 2.85 bits per heavy atom. The van der Waals surface area contributed by atoms with Crippen LogP contribution in [0.5, 0.6) is 0 Å². The van der Waals surface area contributed by atoms with E-state index in [2.05, 4.69) is 32.0 Å². The molecule has 0 N–H and O–H groups in total. The lowest BCUT2D eigenvalue weighted by molar-refractivity contribution is 1.26. The fraction of sp³-hybridized carbons (Fsp3) is 0.111. The SMILES string of the molecule is Cc1cncc(-c2nc(Br)cs2)c1. The molecule has 0 atom stereocenters. The van der Waals surface area contributed by atoms with Gasteiger partial charge in [-0.15, -0.1) is 11.3 Å². The maximum absolute atomic E-state index is 4.32. The maximum atomic E-state index is 4.32. The van der Waals surface area contributed by atoms with Crippen LogP contribution in [0, 0.1) is 6.92 Å². The third kappa shape index (κ3) is 1.95. The molecule has 0 aliphatic carbocycles. The Morgan fingerprint density at radius 1 is 1.38 bits per heavy atom. The maximum Gasteiger partial charge on any atom is 0.126 e. The predicted molar refractivity (Wildman–Crippen MR) is 57.8 cm³/mol. The monoisotopic (exact) mass is 254 g/mol. The van der Waals surface area contributed by atoms with Gasteiger partial charge >= 0.3 is 0 Å². The molecule has 0 spiro atoms. The van der Waals surface area contributed by atoms with E-state index in [0.29, 0.717) is 0 Å². The summed E-state index contributed by atoms with van der Waals surface area (Å²) in [6.07, 6.45) is 3.67. The first-order valence-electron chi connectivity index (χ1n) is 3.79. The van der Waals surface area contributed by atoms with Crippen molar-refractivity contribution in [3.05, 3.63) is 34.0 Å². The summed E-state index contributed by atoms with van der Waals surface area (Å²) in [5, 5.41) is 2.97. The summed E-state index contributed by atoms with van der Waals surface area (Å²) in [5.74, 6) is 0. The molecule has 4 heteroatoms. The van der Waals surface area contributed by atoms with E-state index in [1.54, 1.807) is 11.3 Å². The Bertz CT molecular complexity index is 425. The molecule has 0 aliphatic heterocycles. The smallest absolute Gasteiger partial charge is 0.126 e. The van der Waals surface area contributed by atoms with Gasteiger partial charge in [-0.25, -0.2) is 4.98 Å². The van der Waals surface area contributed by atoms with Gasteiger partial charge in [-0.3, -0.25) is 4.98 Å². The molecule has 66 valence electrons. The van der Waals surface area contributed by atoms with Crippen LogP contribution in [0.3, 0.4) is 0 Å². The van der Waals surface area contributed by atoms with Crippen LogP contribution < -0.4 is 0 Å². The molecule has 2 aromatic heterocycles. The number of pyridine rings is 1. The fourth-order valence-corrected chi connectivity index (χ4v) is 2.29. The van der Waals surface area contributed by atoms with Crippen molar-refractivity contribution < 1.29 is 0 Å². The van der Waals surface area contributed by atoms with E-state index in [1.807, 2.05) is 24.7 Å². The third-order valence-corrected chi connectivity index (χ3v) is 3.20. The van der Waals surface area contributed by atoms with Gasteiger partial charge in [0.2, 0.25) is 0 Å². The number of nitrogens with zero attached hydrogens (tertiary/aromatic N) is 2. The first-order valence-corrected chi connectivity index (χ1v) is 5.46. The van der Waals surface area contributed by atoms with Crippen LogP contribution in [0.2, 0.25) is 0 Å². The van der Waals surface area contributed by atoms with E-state index in [1.165, 1.54) is 0 Å². The van der Waals surface area contributed by atoms with Crippen molar-refractivity contribution >= 4 is 27.3 Å². The number of hydrogen-bond donors (Lipinski definition) is 0. The zero-order chi connectivity index (χ0) is 9.26. The molecule has 0 unspecified atom stereocenters. The highest BCUT2D eigenvalue weighted by Crippen LogP contribution is 2.25. The summed E-state index contributed by atoms with van der Waals surface area (Å²) in [5.41, 5.74) is 2.24. The molecule has 2 heterocycles. The van der Waals surface area contributed by atoms with Gasteiger partial charge in [0.1, 0.15) is 9.61 Å². The van der Waals surface area contributed by atoms with Crippen molar-refractivity contribution in [2.45, 2.75) is 6.92 Å². The van der Waals surface area contributed by atoms with Crippen LogP contribution in [-0.2, 0) is 0 Å². The standard InChI is InChI=1S/C9H7BrN2S/c1-6-2-7(4-11-3-6)9-12-8(10)5-13-9/h2-5H,1H3. The van der Waals surface area contributed by atoms with Crippen molar-refractivity contribution in [3.63, 3.8) is 0 Å². The minimum absolute atomic E-state index is 0.883. The number of halogens is 1. The summed E-state index contributed by atoms with van der Waals surface area (Å²) in [7, 11) is 0. The highest BCUT2D eigenvalue weighted by atomic mass is 79.9. The summed E-state index contributed by atoms with van der Waals surface area (Å²) < 4.78 is 0.883. The molecule has 0 radical (unpaired) electrons. The average Bonchev–Trinajstić information content (AvgIpc) is 2.52. The number of aromatic nitrogens is 2. The van der Waals surface area contributed by atoms with E-state index in [0.717, 1.165) is 20.7 Å². The molecule has 2 rings (SSSR count). The molecule has 0 aliphatic rings. The van der Waals surface area contributed by atoms with Crippen LogP contribution >= 0.6 is 27.3 Å². The summed E-state index contributed by atoms with van der Waals surface area (Å²) >= 11 is 4.94. The van der Waals surface area contributed by atoms with Gasteiger partial charge in [0.15, 0.2) is 0 Å². The van der Waals surface area contributed by atoms with Crippen LogP contribution in [0.15, 0.2) is 28.4 Å². The molecule has 13 heavy (non-hydrogen) atoms. The molecule has 2 aromatic rings. The third-order valence-electron chi connectivity index (χ3n) is 1.60. The zero-order valence-corrected chi connectivity index (χ0v) is 9.39. The lowest BCUT2D eigenvalue weighted by Gasteiger charge is -1.95. The number of rotatable bonds is 1. The molecule has 0 amide bonds. The Morgan fingerprint density at radius 2 is 2.23 bits per heavy atom. The van der Waals surface area contributed by atoms with Crippen LogP contribution in [0.1, 0.15) is 5.56 Å². The lowest BCUT2D eigenvalue weighted by Crippen LogP contribution is -1.80. The quantitative estimate of drug-likeness (QED) is 0.781. The van der Waals surface area contributed by atoms with Gasteiger partial charge < -0.3 is 0 Å². The van der Waals surface area contributed by atoms with E-state index >= 15 is 0 Å². The lowest BCUT2D eigenvalue weighted by atomic mass is 10.2. The van der Waals surface area contributed by atoms with Crippen LogP contribution in [0.4, 0.5) is 0 Å². The molecule has 0 aromatic carbocycles. The van der Waals surface area contributed by atoms with Crippen molar-refractivity contribution in [2.75, 3.05) is 0 Å². The Labute approximate surface area is 88.8 Å². The second-order valence-corrected chi connectivity index (χ2v) is 4.40. The fourth-order valence-electron chi connectivity index (χ4n) is 1.06. The summed E-state index contributed by atoms with van der Waals surface area (Å²) in [4.78, 5) is 8.44. The number of aryl methyl sites for hydroxylation is 1. The Balaban J connectivity index is 2.46. The summed E-state index contributed by atoms with van der Waals surface area (Å²) in [6, 6.07) is 2.08. The Kier molecular flexibility index (Phi) is 2.42. The normalized spacial score (nSPS) is 10.3. The molecular weight excluding hydrogens is 248 g/mol. The highest BCUT2D eigenvalue weighted by Gasteiger charge is 2.02. The molecule has 0 saturated carbocycles. The largest absolute Gasteiger partial charge is 0.264 e. The topological polar surface area (TPSA) is 25.8 Å². The molecule has 2 nitrogen and oxygen atoms in total. The first-order chi connectivity index (χ1) is 6.25. The molecular formula is C9H7BrN2S. The van der Waals surface area contributed by atoms with Crippen molar-refractivity contribution in [3.8, 4) is 10.6 Å². The second-order valence-electron chi connectivity index (χ2n) is 2.73. The minimum atomic E-state index is 0.883. The van der Waals surface area contributed by atoms with Crippen LogP contribution in [-0.4, -0.2) is 9.97 Å². The summed E-state index contributed by atoms with van der Waals surface area (Å²) in [6.45, 7) is 2.03. The molecule has 0 saturated heterocycles. The van der Waals surface area contributed by atoms with Gasteiger partial charge in [0.05, 0.1) is 0 Å². The van der Waals surface area contributed by atoms with Crippen molar-refractivity contribution in [1.82, 2.24) is 9.97 Å². The highest BCUT2D eigenvalue weighted by molar-refractivity contribution is 9.10. The number of hydrogen-bond acceptors (Lipinski definition) is 3. The van der Waals surface area contributed by atoms with Crippen molar-refractivity contribution in [1.29, 1.82) is 0 Å². The van der Waals surface area contributed by atoms with E-state index < -0.39 is 0 Å². The number of thiazole rings is 1. The van der Waals surface area contributed by atoms with E-state index in [4.69, 9.17) is 0 Å². The van der Waals surface area contributed by atoms with Gasteiger partial charge in [0.25, 0.3) is 0 Å². The van der Waals surface area contributed by atoms with Crippen molar-refractivity contribution in [2.24, 2.45) is 0 Å². The van der Waals surface area contributed by atoms with Gasteiger partial charge in [-0.2, -0.15) is 0 Å². The first kappa shape index (κ1) is 8.84. The van der Waals surface area contributed by atoms with Gasteiger partial charge in [-0.05, 0) is 34.5 Å². The Hall–Kier alpha value is -0.740.